The number of hydrogen-bond donors (Lipinski definition) is 0. The summed E-state index contributed by atoms with van der Waals surface area (Å²) in [6, 6.07) is 11.6. The van der Waals surface area contributed by atoms with E-state index in [9.17, 15) is 9.59 Å². The Hall–Kier alpha value is -2.43. The molecule has 0 saturated carbocycles. The van der Waals surface area contributed by atoms with Crippen molar-refractivity contribution in [1.29, 1.82) is 0 Å². The van der Waals surface area contributed by atoms with E-state index in [0.29, 0.717) is 0 Å². The number of carbonyl (C=O) groups excluding carboxylic acids is 2. The predicted molar refractivity (Wildman–Crippen MR) is 86.6 cm³/mol. The average molecular weight is 311 g/mol. The second-order valence-corrected chi connectivity index (χ2v) is 6.54. The van der Waals surface area contributed by atoms with Crippen LogP contribution in [0.5, 0.6) is 0 Å². The third-order valence-corrected chi connectivity index (χ3v) is 4.45. The Bertz CT molecular complexity index is 736. The van der Waals surface area contributed by atoms with Crippen LogP contribution in [0.25, 0.3) is 0 Å². The SMILES string of the molecule is CC(C)n1ccc(CN2C(=O)CC(C)(c3ccccc3)C2=O)n1. The van der Waals surface area contributed by atoms with Gasteiger partial charge in [0.2, 0.25) is 11.8 Å². The Labute approximate surface area is 135 Å². The van der Waals surface area contributed by atoms with Crippen molar-refractivity contribution in [3.05, 3.63) is 53.9 Å². The lowest BCUT2D eigenvalue weighted by Crippen LogP contribution is -2.36. The fraction of sp³-hybridized carbons (Fsp3) is 0.389. The van der Waals surface area contributed by atoms with Gasteiger partial charge in [-0.25, -0.2) is 0 Å². The number of imide groups is 1. The molecule has 1 saturated heterocycles. The molecule has 23 heavy (non-hydrogen) atoms. The Morgan fingerprint density at radius 1 is 1.17 bits per heavy atom. The van der Waals surface area contributed by atoms with Crippen molar-refractivity contribution in [2.45, 2.75) is 45.2 Å². The summed E-state index contributed by atoms with van der Waals surface area (Å²) in [5.41, 5.74) is 0.838. The maximum absolute atomic E-state index is 12.9. The quantitative estimate of drug-likeness (QED) is 0.816. The van der Waals surface area contributed by atoms with Gasteiger partial charge < -0.3 is 0 Å². The highest BCUT2D eigenvalue weighted by molar-refractivity contribution is 6.08. The molecular formula is C18H21N3O2. The average Bonchev–Trinajstić information content (AvgIpc) is 3.08. The first-order valence-corrected chi connectivity index (χ1v) is 7.86. The van der Waals surface area contributed by atoms with E-state index in [2.05, 4.69) is 5.10 Å². The summed E-state index contributed by atoms with van der Waals surface area (Å²) in [6.07, 6.45) is 2.09. The first kappa shape index (κ1) is 15.5. The lowest BCUT2D eigenvalue weighted by molar-refractivity contribution is -0.140. The molecule has 2 aromatic rings. The van der Waals surface area contributed by atoms with Gasteiger partial charge in [0.25, 0.3) is 0 Å². The summed E-state index contributed by atoms with van der Waals surface area (Å²) < 4.78 is 1.83. The number of likely N-dealkylation sites (tertiary alicyclic amines) is 1. The van der Waals surface area contributed by atoms with Crippen LogP contribution < -0.4 is 0 Å². The Morgan fingerprint density at radius 3 is 2.48 bits per heavy atom. The van der Waals surface area contributed by atoms with Gasteiger partial charge in [0, 0.05) is 18.7 Å². The molecule has 1 atom stereocenters. The molecule has 0 aliphatic carbocycles. The second-order valence-electron chi connectivity index (χ2n) is 6.54. The summed E-state index contributed by atoms with van der Waals surface area (Å²) in [7, 11) is 0. The largest absolute Gasteiger partial charge is 0.276 e. The number of carbonyl (C=O) groups is 2. The smallest absolute Gasteiger partial charge is 0.240 e. The van der Waals surface area contributed by atoms with Gasteiger partial charge in [0.1, 0.15) is 0 Å². The summed E-state index contributed by atoms with van der Waals surface area (Å²) in [5.74, 6) is -0.284. The third-order valence-electron chi connectivity index (χ3n) is 4.45. The zero-order valence-corrected chi connectivity index (χ0v) is 13.7. The topological polar surface area (TPSA) is 55.2 Å². The zero-order valence-electron chi connectivity index (χ0n) is 13.7. The highest BCUT2D eigenvalue weighted by Gasteiger charge is 2.49. The van der Waals surface area contributed by atoms with Gasteiger partial charge in [0.15, 0.2) is 0 Å². The van der Waals surface area contributed by atoms with Crippen molar-refractivity contribution in [2.75, 3.05) is 0 Å². The summed E-state index contributed by atoms with van der Waals surface area (Å²) in [4.78, 5) is 26.6. The lowest BCUT2D eigenvalue weighted by atomic mass is 9.81. The van der Waals surface area contributed by atoms with Crippen LogP contribution in [0.15, 0.2) is 42.6 Å². The minimum Gasteiger partial charge on any atom is -0.276 e. The van der Waals surface area contributed by atoms with Gasteiger partial charge in [-0.1, -0.05) is 30.3 Å². The first-order chi connectivity index (χ1) is 10.9. The monoisotopic (exact) mass is 311 g/mol. The molecule has 2 heterocycles. The molecule has 1 unspecified atom stereocenters. The number of hydrogen-bond acceptors (Lipinski definition) is 3. The van der Waals surface area contributed by atoms with Crippen LogP contribution in [0, 0.1) is 0 Å². The Morgan fingerprint density at radius 2 is 1.87 bits per heavy atom. The van der Waals surface area contributed by atoms with Crippen molar-refractivity contribution < 1.29 is 9.59 Å². The molecule has 1 aromatic heterocycles. The number of benzene rings is 1. The van der Waals surface area contributed by atoms with Gasteiger partial charge in [0.05, 0.1) is 17.7 Å². The minimum atomic E-state index is -0.779. The van der Waals surface area contributed by atoms with E-state index >= 15 is 0 Å². The highest BCUT2D eigenvalue weighted by atomic mass is 16.2. The summed E-state index contributed by atoms with van der Waals surface area (Å²) >= 11 is 0. The molecule has 1 aliphatic rings. The molecule has 1 aliphatic heterocycles. The molecule has 0 bridgehead atoms. The molecule has 0 spiro atoms. The normalized spacial score (nSPS) is 21.5. The van der Waals surface area contributed by atoms with Crippen LogP contribution in [0.2, 0.25) is 0 Å². The first-order valence-electron chi connectivity index (χ1n) is 7.86. The van der Waals surface area contributed by atoms with Crippen molar-refractivity contribution in [3.8, 4) is 0 Å². The number of rotatable bonds is 4. The Balaban J connectivity index is 1.84. The second kappa shape index (κ2) is 5.65. The lowest BCUT2D eigenvalue weighted by Gasteiger charge is -2.22. The summed E-state index contributed by atoms with van der Waals surface area (Å²) in [6.45, 7) is 6.15. The molecule has 5 heteroatoms. The van der Waals surface area contributed by atoms with E-state index in [1.54, 1.807) is 0 Å². The van der Waals surface area contributed by atoms with Crippen LogP contribution in [0.3, 0.4) is 0 Å². The summed E-state index contributed by atoms with van der Waals surface area (Å²) in [5, 5.41) is 4.43. The van der Waals surface area contributed by atoms with Crippen molar-refractivity contribution in [2.24, 2.45) is 0 Å². The van der Waals surface area contributed by atoms with Crippen LogP contribution in [0.4, 0.5) is 0 Å². The molecule has 2 amide bonds. The molecule has 1 fully saturated rings. The molecule has 0 radical (unpaired) electrons. The van der Waals surface area contributed by atoms with Crippen molar-refractivity contribution in [3.63, 3.8) is 0 Å². The van der Waals surface area contributed by atoms with E-state index in [0.717, 1.165) is 11.3 Å². The minimum absolute atomic E-state index is 0.138. The highest BCUT2D eigenvalue weighted by Crippen LogP contribution is 2.36. The van der Waals surface area contributed by atoms with Gasteiger partial charge >= 0.3 is 0 Å². The number of amides is 2. The predicted octanol–water partition coefficient (Wildman–Crippen LogP) is 2.68. The van der Waals surface area contributed by atoms with E-state index in [4.69, 9.17) is 0 Å². The molecular weight excluding hydrogens is 290 g/mol. The number of nitrogens with zero attached hydrogens (tertiary/aromatic N) is 3. The third kappa shape index (κ3) is 2.67. The van der Waals surface area contributed by atoms with Gasteiger partial charge in [-0.3, -0.25) is 19.2 Å². The van der Waals surface area contributed by atoms with Gasteiger partial charge in [-0.05, 0) is 32.4 Å². The fourth-order valence-electron chi connectivity index (χ4n) is 2.99. The van der Waals surface area contributed by atoms with Crippen LogP contribution in [0.1, 0.15) is 44.5 Å². The maximum Gasteiger partial charge on any atom is 0.240 e. The molecule has 3 rings (SSSR count). The van der Waals surface area contributed by atoms with E-state index in [1.165, 1.54) is 4.90 Å². The van der Waals surface area contributed by atoms with Crippen LogP contribution >= 0.6 is 0 Å². The van der Waals surface area contributed by atoms with E-state index in [1.807, 2.05) is 68.0 Å². The van der Waals surface area contributed by atoms with E-state index < -0.39 is 5.41 Å². The molecule has 120 valence electrons. The van der Waals surface area contributed by atoms with Gasteiger partial charge in [-0.15, -0.1) is 0 Å². The van der Waals surface area contributed by atoms with Crippen molar-refractivity contribution in [1.82, 2.24) is 14.7 Å². The molecule has 0 N–H and O–H groups in total. The van der Waals surface area contributed by atoms with Crippen molar-refractivity contribution >= 4 is 11.8 Å². The van der Waals surface area contributed by atoms with Crippen LogP contribution in [-0.2, 0) is 21.5 Å². The number of aromatic nitrogens is 2. The van der Waals surface area contributed by atoms with E-state index in [-0.39, 0.29) is 30.8 Å². The molecule has 1 aromatic carbocycles. The zero-order chi connectivity index (χ0) is 16.6. The fourth-order valence-corrected chi connectivity index (χ4v) is 2.99. The van der Waals surface area contributed by atoms with Gasteiger partial charge in [-0.2, -0.15) is 5.10 Å². The van der Waals surface area contributed by atoms with Crippen LogP contribution in [-0.4, -0.2) is 26.5 Å². The maximum atomic E-state index is 12.9. The standard InChI is InChI=1S/C18H21N3O2/c1-13(2)21-10-9-15(19-21)12-20-16(22)11-18(3,17(20)23)14-7-5-4-6-8-14/h4-10,13H,11-12H2,1-3H3. The Kier molecular flexibility index (Phi) is 3.80. The molecule has 5 nitrogen and oxygen atoms in total.